The van der Waals surface area contributed by atoms with Crippen LogP contribution in [0.3, 0.4) is 0 Å². The first kappa shape index (κ1) is 11.5. The topological polar surface area (TPSA) is 35.2 Å². The van der Waals surface area contributed by atoms with Gasteiger partial charge >= 0.3 is 0 Å². The summed E-state index contributed by atoms with van der Waals surface area (Å²) in [5, 5.41) is 0. The van der Waals surface area contributed by atoms with E-state index in [1.165, 1.54) is 12.1 Å². The molecule has 1 atom stereocenters. The number of nitrogens with two attached hydrogens (primary N) is 1. The summed E-state index contributed by atoms with van der Waals surface area (Å²) in [4.78, 5) is 0. The van der Waals surface area contributed by atoms with Crippen LogP contribution in [-0.4, -0.2) is 13.2 Å². The highest BCUT2D eigenvalue weighted by atomic mass is 19.1. The highest BCUT2D eigenvalue weighted by Gasteiger charge is 2.31. The third-order valence-corrected chi connectivity index (χ3v) is 3.07. The van der Waals surface area contributed by atoms with Gasteiger partial charge in [0.15, 0.2) is 0 Å². The molecule has 1 heterocycles. The fourth-order valence-corrected chi connectivity index (χ4v) is 2.13. The Morgan fingerprint density at radius 3 is 2.75 bits per heavy atom. The van der Waals surface area contributed by atoms with Crippen LogP contribution in [0.25, 0.3) is 0 Å². The van der Waals surface area contributed by atoms with E-state index in [0.717, 1.165) is 12.5 Å². The van der Waals surface area contributed by atoms with Crippen LogP contribution in [0.2, 0.25) is 0 Å². The van der Waals surface area contributed by atoms with Crippen LogP contribution in [0.15, 0.2) is 18.2 Å². The van der Waals surface area contributed by atoms with Gasteiger partial charge in [0.1, 0.15) is 11.6 Å². The summed E-state index contributed by atoms with van der Waals surface area (Å²) in [5.41, 5.74) is 5.85. The molecule has 1 unspecified atom stereocenters. The first-order valence-electron chi connectivity index (χ1n) is 5.44. The third-order valence-electron chi connectivity index (χ3n) is 3.07. The lowest BCUT2D eigenvalue weighted by atomic mass is 9.84. The van der Waals surface area contributed by atoms with E-state index in [1.54, 1.807) is 0 Å². The fraction of sp³-hybridized carbons (Fsp3) is 0.500. The lowest BCUT2D eigenvalue weighted by molar-refractivity contribution is 0.139. The molecule has 2 rings (SSSR count). The molecule has 16 heavy (non-hydrogen) atoms. The molecule has 1 aromatic carbocycles. The van der Waals surface area contributed by atoms with Crippen LogP contribution < -0.4 is 5.73 Å². The number of halogens is 2. The maximum atomic E-state index is 13.7. The summed E-state index contributed by atoms with van der Waals surface area (Å²) in [6, 6.07) is 3.57. The second-order valence-corrected chi connectivity index (χ2v) is 4.25. The zero-order valence-corrected chi connectivity index (χ0v) is 9.01. The molecule has 1 saturated heterocycles. The number of benzene rings is 1. The van der Waals surface area contributed by atoms with Gasteiger partial charge in [-0.2, -0.15) is 0 Å². The van der Waals surface area contributed by atoms with Crippen molar-refractivity contribution in [1.82, 2.24) is 0 Å². The Kier molecular flexibility index (Phi) is 3.21. The number of ether oxygens (including phenoxy) is 1. The molecule has 88 valence electrons. The minimum absolute atomic E-state index is 0.388. The number of hydrogen-bond acceptors (Lipinski definition) is 2. The third kappa shape index (κ3) is 2.23. The SMILES string of the molecule is NC1(c2ccc(F)cc2F)CCCOCC1. The molecule has 2 N–H and O–H groups in total. The molecule has 0 bridgehead atoms. The molecule has 1 fully saturated rings. The van der Waals surface area contributed by atoms with Crippen molar-refractivity contribution in [3.05, 3.63) is 35.4 Å². The molecule has 0 aliphatic carbocycles. The Labute approximate surface area is 93.4 Å². The summed E-state index contributed by atoms with van der Waals surface area (Å²) in [7, 11) is 0. The van der Waals surface area contributed by atoms with Gasteiger partial charge in [-0.15, -0.1) is 0 Å². The van der Waals surface area contributed by atoms with Crippen molar-refractivity contribution in [2.45, 2.75) is 24.8 Å². The van der Waals surface area contributed by atoms with Crippen LogP contribution in [0.4, 0.5) is 8.78 Å². The lowest BCUT2D eigenvalue weighted by Crippen LogP contribution is -2.37. The molecule has 0 amide bonds. The van der Waals surface area contributed by atoms with E-state index in [2.05, 4.69) is 0 Å². The number of rotatable bonds is 1. The smallest absolute Gasteiger partial charge is 0.131 e. The largest absolute Gasteiger partial charge is 0.381 e. The highest BCUT2D eigenvalue weighted by Crippen LogP contribution is 2.31. The second kappa shape index (κ2) is 4.47. The molecule has 0 spiro atoms. The van der Waals surface area contributed by atoms with E-state index in [9.17, 15) is 8.78 Å². The molecule has 1 aliphatic rings. The van der Waals surface area contributed by atoms with Gasteiger partial charge in [-0.1, -0.05) is 6.07 Å². The van der Waals surface area contributed by atoms with Crippen molar-refractivity contribution in [2.75, 3.05) is 13.2 Å². The van der Waals surface area contributed by atoms with Gasteiger partial charge in [0, 0.05) is 30.4 Å². The molecule has 0 aromatic heterocycles. The summed E-state index contributed by atoms with van der Waals surface area (Å²) in [6.45, 7) is 1.18. The molecule has 4 heteroatoms. The first-order chi connectivity index (χ1) is 7.62. The monoisotopic (exact) mass is 227 g/mol. The zero-order valence-electron chi connectivity index (χ0n) is 9.01. The minimum atomic E-state index is -0.728. The van der Waals surface area contributed by atoms with Gasteiger partial charge < -0.3 is 10.5 Å². The van der Waals surface area contributed by atoms with Crippen molar-refractivity contribution >= 4 is 0 Å². The average molecular weight is 227 g/mol. The van der Waals surface area contributed by atoms with Crippen molar-refractivity contribution in [3.63, 3.8) is 0 Å². The molecule has 0 radical (unpaired) electrons. The van der Waals surface area contributed by atoms with E-state index in [1.807, 2.05) is 0 Å². The van der Waals surface area contributed by atoms with Crippen LogP contribution in [-0.2, 0) is 10.3 Å². The Morgan fingerprint density at radius 2 is 2.00 bits per heavy atom. The van der Waals surface area contributed by atoms with Gasteiger partial charge in [-0.3, -0.25) is 0 Å². The van der Waals surface area contributed by atoms with Crippen LogP contribution in [0.5, 0.6) is 0 Å². The van der Waals surface area contributed by atoms with E-state index >= 15 is 0 Å². The Morgan fingerprint density at radius 1 is 1.19 bits per heavy atom. The summed E-state index contributed by atoms with van der Waals surface area (Å²) >= 11 is 0. The Balaban J connectivity index is 2.33. The second-order valence-electron chi connectivity index (χ2n) is 4.25. The minimum Gasteiger partial charge on any atom is -0.381 e. The Hall–Kier alpha value is -1.00. The molecular formula is C12H15F2NO. The first-order valence-corrected chi connectivity index (χ1v) is 5.44. The van der Waals surface area contributed by atoms with E-state index in [0.29, 0.717) is 31.6 Å². The van der Waals surface area contributed by atoms with E-state index in [-0.39, 0.29) is 0 Å². The van der Waals surface area contributed by atoms with Gasteiger partial charge in [-0.05, 0) is 25.3 Å². The number of hydrogen-bond donors (Lipinski definition) is 1. The average Bonchev–Trinajstić information content (AvgIpc) is 2.43. The normalized spacial score (nSPS) is 26.4. The molecule has 1 aromatic rings. The predicted octanol–water partition coefficient (Wildman–Crippen LogP) is 2.32. The fourth-order valence-electron chi connectivity index (χ4n) is 2.13. The van der Waals surface area contributed by atoms with E-state index in [4.69, 9.17) is 10.5 Å². The van der Waals surface area contributed by atoms with Gasteiger partial charge in [0.05, 0.1) is 0 Å². The van der Waals surface area contributed by atoms with Crippen LogP contribution >= 0.6 is 0 Å². The quantitative estimate of drug-likeness (QED) is 0.799. The van der Waals surface area contributed by atoms with Gasteiger partial charge in [0.2, 0.25) is 0 Å². The maximum Gasteiger partial charge on any atom is 0.131 e. The molecule has 0 saturated carbocycles. The van der Waals surface area contributed by atoms with Crippen molar-refractivity contribution < 1.29 is 13.5 Å². The van der Waals surface area contributed by atoms with Crippen LogP contribution in [0, 0.1) is 11.6 Å². The standard InChI is InChI=1S/C12H15F2NO/c13-9-2-3-10(11(14)8-9)12(15)4-1-6-16-7-5-12/h2-3,8H,1,4-7,15H2. The highest BCUT2D eigenvalue weighted by molar-refractivity contribution is 5.26. The van der Waals surface area contributed by atoms with Gasteiger partial charge in [0.25, 0.3) is 0 Å². The van der Waals surface area contributed by atoms with Crippen LogP contribution in [0.1, 0.15) is 24.8 Å². The van der Waals surface area contributed by atoms with Gasteiger partial charge in [-0.25, -0.2) is 8.78 Å². The zero-order chi connectivity index (χ0) is 11.6. The maximum absolute atomic E-state index is 13.7. The molecule has 1 aliphatic heterocycles. The summed E-state index contributed by atoms with van der Waals surface area (Å²) in [6.07, 6.45) is 2.03. The summed E-state index contributed by atoms with van der Waals surface area (Å²) < 4.78 is 31.8. The summed E-state index contributed by atoms with van der Waals surface area (Å²) in [5.74, 6) is -1.14. The van der Waals surface area contributed by atoms with Crippen molar-refractivity contribution in [1.29, 1.82) is 0 Å². The molecule has 2 nitrogen and oxygen atoms in total. The Bertz CT molecular complexity index is 373. The van der Waals surface area contributed by atoms with E-state index < -0.39 is 17.2 Å². The lowest BCUT2D eigenvalue weighted by Gasteiger charge is -2.28. The van der Waals surface area contributed by atoms with Crippen molar-refractivity contribution in [2.24, 2.45) is 5.73 Å². The molecular weight excluding hydrogens is 212 g/mol. The predicted molar refractivity (Wildman–Crippen MR) is 56.9 cm³/mol. The van der Waals surface area contributed by atoms with Crippen molar-refractivity contribution in [3.8, 4) is 0 Å².